The normalized spacial score (nSPS) is 23.6. The van der Waals surface area contributed by atoms with Crippen molar-refractivity contribution in [3.8, 4) is 0 Å². The molecule has 0 aromatic heterocycles. The molecule has 376 valence electrons. The number of fused-ring (bicyclic) bond motifs is 8. The van der Waals surface area contributed by atoms with Crippen LogP contribution in [0.15, 0.2) is 171 Å². The quantitative estimate of drug-likeness (QED) is 0.103. The molecule has 0 saturated carbocycles. The van der Waals surface area contributed by atoms with Crippen LogP contribution in [0.3, 0.4) is 0 Å². The highest BCUT2D eigenvalue weighted by Gasteiger charge is 2.43. The predicted molar refractivity (Wildman–Crippen MR) is 311 cm³/mol. The van der Waals surface area contributed by atoms with E-state index in [2.05, 4.69) is 193 Å². The highest BCUT2D eigenvalue weighted by atomic mass is 16.1. The number of rotatable bonds is 9. The first-order valence-corrected chi connectivity index (χ1v) is 27.8. The Morgan fingerprint density at radius 3 is 1.38 bits per heavy atom. The Hall–Kier alpha value is -6.30. The molecular formula is C68H78N4O. The zero-order chi connectivity index (χ0) is 51.0. The fourth-order valence-corrected chi connectivity index (χ4v) is 13.7. The van der Waals surface area contributed by atoms with Crippen LogP contribution in [0.4, 0.5) is 11.4 Å². The number of unbranched alkanes of at least 4 members (excludes halogenated alkanes) is 2. The molecule has 0 amide bonds. The number of nitrogens with two attached hydrogens (primary N) is 1. The molecule has 8 aliphatic rings. The largest absolute Gasteiger partial charge is 0.347 e. The molecule has 73 heavy (non-hydrogen) atoms. The SMILES string of the molecule is CCCCN.CCCCN=CC1=C2C3=C(/C(=C/C=C4/N(C)c5ccccc5C4(C)C)CCC3CC1)c1ccccc12.CN1/C(=C/C=C2\CCC3CCC(C=O)=C4C3=C2c2ccccc24)C(C)(C)c2ccccc21. The van der Waals surface area contributed by atoms with E-state index in [0.717, 1.165) is 57.1 Å². The fraction of sp³-hybridized carbons (Fsp3) is 0.382. The summed E-state index contributed by atoms with van der Waals surface area (Å²) in [7, 11) is 4.40. The maximum Gasteiger partial charge on any atom is 0.146 e. The van der Waals surface area contributed by atoms with Gasteiger partial charge in [0.15, 0.2) is 0 Å². The van der Waals surface area contributed by atoms with Crippen molar-refractivity contribution in [1.29, 1.82) is 0 Å². The van der Waals surface area contributed by atoms with E-state index in [-0.39, 0.29) is 10.8 Å². The minimum Gasteiger partial charge on any atom is -0.347 e. The molecular weight excluding hydrogens is 889 g/mol. The fourth-order valence-electron chi connectivity index (χ4n) is 13.7. The summed E-state index contributed by atoms with van der Waals surface area (Å²) in [5, 5.41) is 0. The van der Waals surface area contributed by atoms with Gasteiger partial charge >= 0.3 is 0 Å². The third kappa shape index (κ3) is 8.84. The molecule has 5 heteroatoms. The number of nitrogens with zero attached hydrogens (tertiary/aromatic N) is 3. The summed E-state index contributed by atoms with van der Waals surface area (Å²) in [5.74, 6) is 1.26. The van der Waals surface area contributed by atoms with Crippen molar-refractivity contribution in [1.82, 2.24) is 0 Å². The lowest BCUT2D eigenvalue weighted by Gasteiger charge is -2.32. The number of hydrogen-bond donors (Lipinski definition) is 1. The van der Waals surface area contributed by atoms with Crippen LogP contribution in [-0.4, -0.2) is 39.7 Å². The second-order valence-electron chi connectivity index (χ2n) is 22.6. The number of benzene rings is 4. The highest BCUT2D eigenvalue weighted by Crippen LogP contribution is 2.59. The summed E-state index contributed by atoms with van der Waals surface area (Å²) >= 11 is 0. The molecule has 0 saturated heterocycles. The molecule has 2 aliphatic heterocycles. The van der Waals surface area contributed by atoms with E-state index in [1.165, 1.54) is 146 Å². The molecule has 2 N–H and O–H groups in total. The van der Waals surface area contributed by atoms with Crippen LogP contribution in [0.25, 0.3) is 22.3 Å². The van der Waals surface area contributed by atoms with Gasteiger partial charge in [-0.3, -0.25) is 9.79 Å². The van der Waals surface area contributed by atoms with Crippen molar-refractivity contribution in [3.05, 3.63) is 200 Å². The van der Waals surface area contributed by atoms with E-state index in [0.29, 0.717) is 11.8 Å². The average molecular weight is 967 g/mol. The predicted octanol–water partition coefficient (Wildman–Crippen LogP) is 16.1. The van der Waals surface area contributed by atoms with E-state index in [1.807, 2.05) is 0 Å². The lowest BCUT2D eigenvalue weighted by molar-refractivity contribution is -0.105. The van der Waals surface area contributed by atoms with Gasteiger partial charge < -0.3 is 15.5 Å². The first-order valence-electron chi connectivity index (χ1n) is 27.8. The molecule has 6 aliphatic carbocycles. The summed E-state index contributed by atoms with van der Waals surface area (Å²) in [6.07, 6.45) is 26.7. The Kier molecular flexibility index (Phi) is 14.4. The van der Waals surface area contributed by atoms with Gasteiger partial charge in [0, 0.05) is 66.0 Å². The van der Waals surface area contributed by atoms with Crippen LogP contribution in [0, 0.1) is 11.8 Å². The van der Waals surface area contributed by atoms with E-state index < -0.39 is 0 Å². The summed E-state index contributed by atoms with van der Waals surface area (Å²) in [5.41, 5.74) is 32.8. The van der Waals surface area contributed by atoms with Crippen molar-refractivity contribution in [3.63, 3.8) is 0 Å². The summed E-state index contributed by atoms with van der Waals surface area (Å²) in [6, 6.07) is 35.4. The molecule has 4 aromatic rings. The number of hydrogen-bond acceptors (Lipinski definition) is 5. The van der Waals surface area contributed by atoms with Gasteiger partial charge in [0.25, 0.3) is 0 Å². The van der Waals surface area contributed by atoms with Crippen molar-refractivity contribution in [2.45, 2.75) is 129 Å². The minimum absolute atomic E-state index is 0.00300. The molecule has 5 nitrogen and oxygen atoms in total. The maximum absolute atomic E-state index is 11.9. The number of allylic oxidation sites excluding steroid dienone is 16. The second-order valence-corrected chi connectivity index (χ2v) is 22.6. The standard InChI is InChI=1S/C34H38N2.C30H29NO.C4H11N/c1-5-6-21-35-22-25-18-17-24-16-15-23(31-26-11-7-8-12-27(26)32(25)33(24)31)19-20-30-34(2,3)28-13-9-10-14-29(28)36(30)4;1-30(2)24-10-6-7-11-25(24)31(3)26(30)17-16-19-12-13-20-14-15-21(18-32)28-23-9-5-4-8-22(23)27(19)29(20)28;1-2-3-4-5/h7-14,19-20,22,24H,5-6,15-18,21H2,1-4H3;4-11,16-18,20H,12-15H2,1-3H3;2-5H2,1H3/b23-19+,30-20+,35-22?;19-16+,26-17+;. The zero-order valence-corrected chi connectivity index (χ0v) is 45.1. The Balaban J connectivity index is 0.000000154. The van der Waals surface area contributed by atoms with Gasteiger partial charge in [-0.15, -0.1) is 0 Å². The Morgan fingerprint density at radius 1 is 0.548 bits per heavy atom. The van der Waals surface area contributed by atoms with Gasteiger partial charge in [0.05, 0.1) is 0 Å². The first kappa shape index (κ1) is 50.2. The molecule has 2 heterocycles. The van der Waals surface area contributed by atoms with Crippen molar-refractivity contribution >= 4 is 46.2 Å². The summed E-state index contributed by atoms with van der Waals surface area (Å²) in [6.45, 7) is 15.5. The van der Waals surface area contributed by atoms with Crippen LogP contribution in [-0.2, 0) is 15.6 Å². The van der Waals surface area contributed by atoms with Gasteiger partial charge in [-0.25, -0.2) is 0 Å². The molecule has 0 fully saturated rings. The van der Waals surface area contributed by atoms with E-state index >= 15 is 0 Å². The summed E-state index contributed by atoms with van der Waals surface area (Å²) in [4.78, 5) is 21.5. The number of anilines is 2. The first-order chi connectivity index (χ1) is 35.5. The van der Waals surface area contributed by atoms with Crippen LogP contribution >= 0.6 is 0 Å². The Labute approximate surface area is 437 Å². The number of para-hydroxylation sites is 2. The van der Waals surface area contributed by atoms with E-state index in [1.54, 1.807) is 5.57 Å². The van der Waals surface area contributed by atoms with Crippen molar-refractivity contribution < 1.29 is 4.79 Å². The van der Waals surface area contributed by atoms with Gasteiger partial charge in [-0.05, 0) is 190 Å². The molecule has 2 atom stereocenters. The molecule has 4 aromatic carbocycles. The number of aldehydes is 1. The average Bonchev–Trinajstić information content (AvgIpc) is 4.07. The number of likely N-dealkylation sites (N-methyl/N-ethyl adjacent to an activating group) is 2. The third-order valence-electron chi connectivity index (χ3n) is 17.5. The molecule has 12 rings (SSSR count). The number of carbonyl (C=O) groups excluding carboxylic acids is 1. The van der Waals surface area contributed by atoms with Gasteiger partial charge in [0.1, 0.15) is 6.29 Å². The highest BCUT2D eigenvalue weighted by molar-refractivity contribution is 6.12. The van der Waals surface area contributed by atoms with Crippen LogP contribution in [0.2, 0.25) is 0 Å². The van der Waals surface area contributed by atoms with Crippen molar-refractivity contribution in [2.75, 3.05) is 37.0 Å². The monoisotopic (exact) mass is 967 g/mol. The molecule has 2 unspecified atom stereocenters. The zero-order valence-electron chi connectivity index (χ0n) is 45.1. The lowest BCUT2D eigenvalue weighted by Crippen LogP contribution is -2.22. The van der Waals surface area contributed by atoms with Crippen LogP contribution < -0.4 is 15.5 Å². The van der Waals surface area contributed by atoms with Crippen LogP contribution in [0.1, 0.15) is 152 Å². The number of aliphatic imine (C=N–C) groups is 1. The minimum atomic E-state index is -0.0222. The van der Waals surface area contributed by atoms with Crippen LogP contribution in [0.5, 0.6) is 0 Å². The van der Waals surface area contributed by atoms with E-state index in [4.69, 9.17) is 10.7 Å². The molecule has 0 radical (unpaired) electrons. The Morgan fingerprint density at radius 2 is 0.959 bits per heavy atom. The summed E-state index contributed by atoms with van der Waals surface area (Å²) < 4.78 is 0. The molecule has 0 bridgehead atoms. The lowest BCUT2D eigenvalue weighted by atomic mass is 9.72. The molecule has 0 spiro atoms. The second kappa shape index (κ2) is 20.9. The smallest absolute Gasteiger partial charge is 0.146 e. The third-order valence-corrected chi connectivity index (χ3v) is 17.5. The topological polar surface area (TPSA) is 61.9 Å². The van der Waals surface area contributed by atoms with E-state index in [9.17, 15) is 4.79 Å². The van der Waals surface area contributed by atoms with Crippen molar-refractivity contribution in [2.24, 2.45) is 22.6 Å². The van der Waals surface area contributed by atoms with Gasteiger partial charge in [-0.2, -0.15) is 0 Å². The van der Waals surface area contributed by atoms with Gasteiger partial charge in [-0.1, -0.05) is 151 Å². The maximum atomic E-state index is 11.9. The van der Waals surface area contributed by atoms with Gasteiger partial charge in [0.2, 0.25) is 0 Å². The Bertz CT molecular complexity index is 3120. The number of carbonyl (C=O) groups is 1.